The number of hydrogen-bond donors (Lipinski definition) is 2. The molecule has 0 saturated carbocycles. The van der Waals surface area contributed by atoms with Gasteiger partial charge in [-0.3, -0.25) is 9.78 Å². The SMILES string of the molecule is NC(=O)c1ccccc1NC1=NC(c2cccnc2)=C=Cc2cc(Cl)c(Cl)cc21. The number of carbonyl (C=O) groups excluding carboxylic acids is 1. The summed E-state index contributed by atoms with van der Waals surface area (Å²) >= 11 is 12.5. The van der Waals surface area contributed by atoms with Gasteiger partial charge in [-0.1, -0.05) is 41.1 Å². The molecule has 0 aliphatic carbocycles. The van der Waals surface area contributed by atoms with Crippen LogP contribution in [-0.2, 0) is 0 Å². The number of amides is 1. The van der Waals surface area contributed by atoms with Gasteiger partial charge in [0.25, 0.3) is 5.91 Å². The number of amidine groups is 1. The molecule has 0 bridgehead atoms. The highest BCUT2D eigenvalue weighted by Crippen LogP contribution is 2.30. The monoisotopic (exact) mass is 420 g/mol. The molecule has 1 aliphatic rings. The quantitative estimate of drug-likeness (QED) is 0.584. The van der Waals surface area contributed by atoms with E-state index in [9.17, 15) is 4.79 Å². The molecule has 3 aromatic rings. The van der Waals surface area contributed by atoms with Gasteiger partial charge in [0.05, 0.1) is 21.3 Å². The van der Waals surface area contributed by atoms with Crippen molar-refractivity contribution in [1.29, 1.82) is 0 Å². The second kappa shape index (κ2) is 7.94. The number of pyridine rings is 1. The fraction of sp³-hybridized carbons (Fsp3) is 0. The van der Waals surface area contributed by atoms with Gasteiger partial charge in [0, 0.05) is 23.5 Å². The van der Waals surface area contributed by atoms with Gasteiger partial charge in [0.2, 0.25) is 0 Å². The number of nitrogens with two attached hydrogens (primary N) is 1. The van der Waals surface area contributed by atoms with Crippen LogP contribution in [-0.4, -0.2) is 16.7 Å². The number of carbonyl (C=O) groups is 1. The first-order valence-electron chi connectivity index (χ1n) is 8.64. The van der Waals surface area contributed by atoms with Crippen molar-refractivity contribution in [3.8, 4) is 0 Å². The minimum Gasteiger partial charge on any atom is -0.366 e. The van der Waals surface area contributed by atoms with E-state index < -0.39 is 5.91 Å². The molecule has 1 amide bonds. The predicted molar refractivity (Wildman–Crippen MR) is 117 cm³/mol. The fourth-order valence-electron chi connectivity index (χ4n) is 2.92. The van der Waals surface area contributed by atoms with E-state index in [1.165, 1.54) is 0 Å². The standard InChI is InChI=1S/C22H14Cl2N4O/c23-17-10-13-7-8-19(14-4-3-9-26-12-14)27-22(16(13)11-18(17)24)28-20-6-2-1-5-15(20)21(25)29/h1-7,9-12H,(H2,25,29)(H,27,28). The van der Waals surface area contributed by atoms with Crippen molar-refractivity contribution in [3.05, 3.63) is 99.0 Å². The van der Waals surface area contributed by atoms with Crippen molar-refractivity contribution in [2.75, 3.05) is 5.32 Å². The highest BCUT2D eigenvalue weighted by atomic mass is 35.5. The van der Waals surface area contributed by atoms with Crippen LogP contribution >= 0.6 is 23.2 Å². The zero-order valence-corrected chi connectivity index (χ0v) is 16.5. The third-order valence-corrected chi connectivity index (χ3v) is 5.04. The van der Waals surface area contributed by atoms with Crippen molar-refractivity contribution in [2.24, 2.45) is 10.7 Å². The highest BCUT2D eigenvalue weighted by molar-refractivity contribution is 6.42. The summed E-state index contributed by atoms with van der Waals surface area (Å²) < 4.78 is 0. The Balaban J connectivity index is 1.89. The minimum absolute atomic E-state index is 0.348. The number of halogens is 2. The number of nitrogens with one attached hydrogen (secondary N) is 1. The lowest BCUT2D eigenvalue weighted by Crippen LogP contribution is -2.19. The van der Waals surface area contributed by atoms with Gasteiger partial charge in [-0.05, 0) is 48.0 Å². The number of nitrogens with zero attached hydrogens (tertiary/aromatic N) is 2. The van der Waals surface area contributed by atoms with Crippen molar-refractivity contribution in [3.63, 3.8) is 0 Å². The Morgan fingerprint density at radius 1 is 1.07 bits per heavy atom. The number of aromatic nitrogens is 1. The summed E-state index contributed by atoms with van der Waals surface area (Å²) in [6.45, 7) is 0. The van der Waals surface area contributed by atoms with E-state index in [1.807, 2.05) is 12.1 Å². The van der Waals surface area contributed by atoms with Gasteiger partial charge in [0.15, 0.2) is 0 Å². The zero-order valence-electron chi connectivity index (χ0n) is 15.0. The Hall–Kier alpha value is -3.37. The van der Waals surface area contributed by atoms with Crippen LogP contribution in [0.5, 0.6) is 0 Å². The summed E-state index contributed by atoms with van der Waals surface area (Å²) in [5.41, 5.74) is 12.4. The van der Waals surface area contributed by atoms with Gasteiger partial charge in [-0.15, -0.1) is 0 Å². The summed E-state index contributed by atoms with van der Waals surface area (Å²) in [7, 11) is 0. The molecule has 2 aromatic carbocycles. The summed E-state index contributed by atoms with van der Waals surface area (Å²) in [5, 5.41) is 4.03. The average molecular weight is 421 g/mol. The van der Waals surface area contributed by atoms with E-state index in [0.717, 1.165) is 11.1 Å². The van der Waals surface area contributed by atoms with Crippen molar-refractivity contribution in [2.45, 2.75) is 0 Å². The maximum atomic E-state index is 11.8. The van der Waals surface area contributed by atoms with Crippen LogP contribution in [0.15, 0.2) is 71.6 Å². The molecule has 0 unspecified atom stereocenters. The second-order valence-electron chi connectivity index (χ2n) is 6.23. The van der Waals surface area contributed by atoms with Crippen molar-refractivity contribution >= 4 is 52.4 Å². The topological polar surface area (TPSA) is 80.4 Å². The first-order valence-corrected chi connectivity index (χ1v) is 9.39. The second-order valence-corrected chi connectivity index (χ2v) is 7.04. The number of fused-ring (bicyclic) bond motifs is 1. The van der Waals surface area contributed by atoms with Crippen LogP contribution in [0.1, 0.15) is 27.0 Å². The Bertz CT molecular complexity index is 1210. The average Bonchev–Trinajstić information content (AvgIpc) is 2.89. The highest BCUT2D eigenvalue weighted by Gasteiger charge is 2.17. The minimum atomic E-state index is -0.544. The van der Waals surface area contributed by atoms with E-state index in [2.05, 4.69) is 16.0 Å². The molecule has 29 heavy (non-hydrogen) atoms. The predicted octanol–water partition coefficient (Wildman–Crippen LogP) is 5.01. The summed E-state index contributed by atoms with van der Waals surface area (Å²) in [6.07, 6.45) is 5.17. The largest absolute Gasteiger partial charge is 0.366 e. The van der Waals surface area contributed by atoms with E-state index in [1.54, 1.807) is 54.9 Å². The van der Waals surface area contributed by atoms with E-state index in [0.29, 0.717) is 38.4 Å². The Morgan fingerprint density at radius 2 is 1.86 bits per heavy atom. The molecule has 0 fully saturated rings. The third kappa shape index (κ3) is 3.93. The molecule has 0 spiro atoms. The molecule has 0 saturated heterocycles. The van der Waals surface area contributed by atoms with Crippen LogP contribution in [0.2, 0.25) is 10.0 Å². The van der Waals surface area contributed by atoms with Crippen LogP contribution in [0, 0.1) is 0 Å². The van der Waals surface area contributed by atoms with Gasteiger partial charge in [0.1, 0.15) is 11.5 Å². The first kappa shape index (κ1) is 19.0. The molecule has 1 aromatic heterocycles. The number of aliphatic imine (C=N–C) groups is 1. The molecular weight excluding hydrogens is 407 g/mol. The lowest BCUT2D eigenvalue weighted by atomic mass is 10.1. The van der Waals surface area contributed by atoms with Crippen molar-refractivity contribution in [1.82, 2.24) is 4.98 Å². The van der Waals surface area contributed by atoms with Gasteiger partial charge in [-0.2, -0.15) is 0 Å². The Kier molecular flexibility index (Phi) is 5.19. The number of para-hydroxylation sites is 1. The van der Waals surface area contributed by atoms with Crippen LogP contribution in [0.4, 0.5) is 5.69 Å². The molecule has 7 heteroatoms. The summed E-state index contributed by atoms with van der Waals surface area (Å²) in [5.74, 6) is -0.0646. The molecule has 3 N–H and O–H groups in total. The normalized spacial score (nSPS) is 12.5. The molecule has 0 radical (unpaired) electrons. The number of benzene rings is 2. The van der Waals surface area contributed by atoms with E-state index in [-0.39, 0.29) is 0 Å². The van der Waals surface area contributed by atoms with Gasteiger partial charge < -0.3 is 11.1 Å². The number of rotatable bonds is 3. The summed E-state index contributed by atoms with van der Waals surface area (Å²) in [4.78, 5) is 20.7. The van der Waals surface area contributed by atoms with Crippen LogP contribution < -0.4 is 11.1 Å². The number of anilines is 1. The Morgan fingerprint density at radius 3 is 2.62 bits per heavy atom. The smallest absolute Gasteiger partial charge is 0.250 e. The summed E-state index contributed by atoms with van der Waals surface area (Å²) in [6, 6.07) is 14.1. The Labute approximate surface area is 177 Å². The van der Waals surface area contributed by atoms with E-state index in [4.69, 9.17) is 33.9 Å². The number of hydrogen-bond acceptors (Lipinski definition) is 4. The molecule has 4 rings (SSSR count). The molecule has 1 aliphatic heterocycles. The lowest BCUT2D eigenvalue weighted by molar-refractivity contribution is 0.100. The molecular formula is C22H14Cl2N4O. The molecule has 5 nitrogen and oxygen atoms in total. The van der Waals surface area contributed by atoms with Crippen LogP contribution in [0.3, 0.4) is 0 Å². The van der Waals surface area contributed by atoms with Gasteiger partial charge in [-0.25, -0.2) is 4.99 Å². The number of primary amides is 1. The third-order valence-electron chi connectivity index (χ3n) is 4.32. The lowest BCUT2D eigenvalue weighted by Gasteiger charge is -2.15. The zero-order chi connectivity index (χ0) is 20.4. The molecule has 142 valence electrons. The fourth-order valence-corrected chi connectivity index (χ4v) is 3.25. The maximum absolute atomic E-state index is 11.8. The first-order chi connectivity index (χ1) is 14.0. The van der Waals surface area contributed by atoms with Crippen LogP contribution in [0.25, 0.3) is 11.8 Å². The van der Waals surface area contributed by atoms with E-state index >= 15 is 0 Å². The van der Waals surface area contributed by atoms with Crippen molar-refractivity contribution < 1.29 is 4.79 Å². The molecule has 2 heterocycles. The maximum Gasteiger partial charge on any atom is 0.250 e. The van der Waals surface area contributed by atoms with Gasteiger partial charge >= 0.3 is 0 Å². The molecule has 0 atom stereocenters.